The third-order valence-electron chi connectivity index (χ3n) is 7.88. The van der Waals surface area contributed by atoms with E-state index in [0.717, 1.165) is 38.5 Å². The Labute approximate surface area is 254 Å². The first kappa shape index (κ1) is 34.9. The Bertz CT molecular complexity index is 944. The van der Waals surface area contributed by atoms with Crippen molar-refractivity contribution in [1.82, 2.24) is 5.32 Å². The predicted octanol–water partition coefficient (Wildman–Crippen LogP) is 9.94. The number of hydrogen-bond acceptors (Lipinski definition) is 5. The lowest BCUT2D eigenvalue weighted by atomic mass is 9.80. The number of nitrogens with one attached hydrogen (secondary N) is 1. The van der Waals surface area contributed by atoms with Gasteiger partial charge in [-0.3, -0.25) is 0 Å². The molecule has 1 aromatic rings. The van der Waals surface area contributed by atoms with Gasteiger partial charge < -0.3 is 14.8 Å². The van der Waals surface area contributed by atoms with Crippen LogP contribution in [0.5, 0.6) is 0 Å². The van der Waals surface area contributed by atoms with Gasteiger partial charge in [0.15, 0.2) is 0 Å². The third kappa shape index (κ3) is 12.2. The van der Waals surface area contributed by atoms with E-state index in [2.05, 4.69) is 19.2 Å². The Kier molecular flexibility index (Phi) is 17.5. The second kappa shape index (κ2) is 20.6. The molecule has 1 N–H and O–H groups in total. The maximum absolute atomic E-state index is 13.5. The van der Waals surface area contributed by atoms with Crippen LogP contribution in [0.25, 0.3) is 0 Å². The summed E-state index contributed by atoms with van der Waals surface area (Å²) in [4.78, 5) is 26.9. The van der Waals surface area contributed by atoms with Crippen molar-refractivity contribution in [3.63, 3.8) is 0 Å². The van der Waals surface area contributed by atoms with Gasteiger partial charge in [-0.05, 0) is 38.3 Å². The first-order valence-corrected chi connectivity index (χ1v) is 16.6. The maximum Gasteiger partial charge on any atom is 0.336 e. The molecule has 1 aliphatic rings. The Morgan fingerprint density at radius 1 is 0.659 bits per heavy atom. The van der Waals surface area contributed by atoms with Gasteiger partial charge in [-0.2, -0.15) is 0 Å². The SMILES string of the molecule is CCCCCCCCCCOC(=O)C1=C(C)NC(C)=C(C(=O)OCCCCCCCCCC)C1c1ccccc1Cl. The van der Waals surface area contributed by atoms with Gasteiger partial charge in [0, 0.05) is 16.4 Å². The van der Waals surface area contributed by atoms with Gasteiger partial charge in [-0.15, -0.1) is 0 Å². The van der Waals surface area contributed by atoms with Crippen molar-refractivity contribution in [1.29, 1.82) is 0 Å². The number of allylic oxidation sites excluding steroid dienone is 2. The van der Waals surface area contributed by atoms with Crippen molar-refractivity contribution in [3.8, 4) is 0 Å². The Morgan fingerprint density at radius 3 is 1.46 bits per heavy atom. The summed E-state index contributed by atoms with van der Waals surface area (Å²) in [6, 6.07) is 7.38. The van der Waals surface area contributed by atoms with Gasteiger partial charge in [-0.25, -0.2) is 9.59 Å². The molecule has 0 saturated carbocycles. The highest BCUT2D eigenvalue weighted by molar-refractivity contribution is 6.31. The first-order chi connectivity index (χ1) is 19.9. The Hall–Kier alpha value is -2.27. The molecule has 0 radical (unpaired) electrons. The van der Waals surface area contributed by atoms with E-state index in [1.54, 1.807) is 6.07 Å². The average Bonchev–Trinajstić information content (AvgIpc) is 2.95. The van der Waals surface area contributed by atoms with Crippen LogP contribution in [-0.2, 0) is 19.1 Å². The van der Waals surface area contributed by atoms with Crippen LogP contribution in [0.2, 0.25) is 5.02 Å². The fraction of sp³-hybridized carbons (Fsp3) is 0.657. The first-order valence-electron chi connectivity index (χ1n) is 16.2. The van der Waals surface area contributed by atoms with Crippen LogP contribution in [0.1, 0.15) is 142 Å². The van der Waals surface area contributed by atoms with Crippen LogP contribution in [0.15, 0.2) is 46.8 Å². The number of hydrogen-bond donors (Lipinski definition) is 1. The molecule has 0 atom stereocenters. The zero-order valence-electron chi connectivity index (χ0n) is 26.1. The highest BCUT2D eigenvalue weighted by Gasteiger charge is 2.38. The molecule has 0 saturated heterocycles. The number of carbonyl (C=O) groups excluding carboxylic acids is 2. The lowest BCUT2D eigenvalue weighted by Crippen LogP contribution is -2.32. The number of unbranched alkanes of at least 4 members (excludes halogenated alkanes) is 14. The summed E-state index contributed by atoms with van der Waals surface area (Å²) in [7, 11) is 0. The average molecular weight is 588 g/mol. The number of carbonyl (C=O) groups is 2. The van der Waals surface area contributed by atoms with Crippen LogP contribution < -0.4 is 5.32 Å². The van der Waals surface area contributed by atoms with Gasteiger partial charge in [0.25, 0.3) is 0 Å². The number of rotatable bonds is 21. The monoisotopic (exact) mass is 587 g/mol. The minimum absolute atomic E-state index is 0.362. The lowest BCUT2D eigenvalue weighted by Gasteiger charge is -2.31. The molecule has 5 nitrogen and oxygen atoms in total. The van der Waals surface area contributed by atoms with Gasteiger partial charge >= 0.3 is 11.9 Å². The molecule has 0 fully saturated rings. The van der Waals surface area contributed by atoms with Crippen molar-refractivity contribution in [3.05, 3.63) is 57.4 Å². The highest BCUT2D eigenvalue weighted by atomic mass is 35.5. The maximum atomic E-state index is 13.5. The number of halogens is 1. The zero-order chi connectivity index (χ0) is 29.9. The van der Waals surface area contributed by atoms with Crippen LogP contribution >= 0.6 is 11.6 Å². The summed E-state index contributed by atoms with van der Waals surface area (Å²) in [5.74, 6) is -1.48. The minimum atomic E-state index is -0.651. The number of benzene rings is 1. The molecule has 1 aliphatic heterocycles. The molecular formula is C35H54ClNO4. The van der Waals surface area contributed by atoms with Crippen LogP contribution in [-0.4, -0.2) is 25.2 Å². The Morgan fingerprint density at radius 2 is 1.05 bits per heavy atom. The number of dihydropyridines is 1. The van der Waals surface area contributed by atoms with Crippen LogP contribution in [0, 0.1) is 0 Å². The number of ether oxygens (including phenoxy) is 2. The van der Waals surface area contributed by atoms with E-state index in [1.165, 1.54) is 64.2 Å². The van der Waals surface area contributed by atoms with Crippen molar-refractivity contribution in [2.24, 2.45) is 0 Å². The summed E-state index contributed by atoms with van der Waals surface area (Å²) in [5.41, 5.74) is 2.89. The normalized spacial score (nSPS) is 13.9. The fourth-order valence-electron chi connectivity index (χ4n) is 5.51. The standard InChI is InChI=1S/C35H54ClNO4/c1-5-7-9-11-13-15-17-21-25-40-34(38)31-27(3)37-28(4)32(33(31)29-23-19-20-24-30(29)36)35(39)41-26-22-18-16-14-12-10-8-6-2/h19-20,23-24,33,37H,5-18,21-22,25-26H2,1-4H3. The molecule has 0 spiro atoms. The van der Waals surface area contributed by atoms with E-state index in [0.29, 0.717) is 46.3 Å². The van der Waals surface area contributed by atoms with E-state index in [-0.39, 0.29) is 0 Å². The van der Waals surface area contributed by atoms with Gasteiger partial charge in [0.05, 0.1) is 30.3 Å². The zero-order valence-corrected chi connectivity index (χ0v) is 26.9. The van der Waals surface area contributed by atoms with E-state index in [4.69, 9.17) is 21.1 Å². The number of esters is 2. The summed E-state index contributed by atoms with van der Waals surface area (Å²) >= 11 is 6.64. The van der Waals surface area contributed by atoms with Crippen LogP contribution in [0.3, 0.4) is 0 Å². The molecule has 0 unspecified atom stereocenters. The third-order valence-corrected chi connectivity index (χ3v) is 8.22. The molecular weight excluding hydrogens is 534 g/mol. The molecule has 0 bridgehead atoms. The summed E-state index contributed by atoms with van der Waals surface area (Å²) in [5, 5.41) is 3.75. The molecule has 230 valence electrons. The molecule has 1 aromatic carbocycles. The highest BCUT2D eigenvalue weighted by Crippen LogP contribution is 2.41. The largest absolute Gasteiger partial charge is 0.462 e. The molecule has 1 heterocycles. The Balaban J connectivity index is 2.02. The molecule has 2 rings (SSSR count). The van der Waals surface area contributed by atoms with Gasteiger partial charge in [-0.1, -0.05) is 134 Å². The van der Waals surface area contributed by atoms with E-state index in [1.807, 2.05) is 32.0 Å². The molecule has 6 heteroatoms. The van der Waals surface area contributed by atoms with Crippen molar-refractivity contribution < 1.29 is 19.1 Å². The summed E-state index contributed by atoms with van der Waals surface area (Å²) in [6.45, 7) is 8.88. The van der Waals surface area contributed by atoms with E-state index in [9.17, 15) is 9.59 Å². The topological polar surface area (TPSA) is 64.6 Å². The molecule has 0 aliphatic carbocycles. The van der Waals surface area contributed by atoms with E-state index < -0.39 is 17.9 Å². The second-order valence-electron chi connectivity index (χ2n) is 11.4. The predicted molar refractivity (Wildman–Crippen MR) is 170 cm³/mol. The van der Waals surface area contributed by atoms with Crippen molar-refractivity contribution >= 4 is 23.5 Å². The van der Waals surface area contributed by atoms with Gasteiger partial charge in [0.2, 0.25) is 0 Å². The minimum Gasteiger partial charge on any atom is -0.462 e. The second-order valence-corrected chi connectivity index (χ2v) is 11.8. The van der Waals surface area contributed by atoms with Gasteiger partial charge in [0.1, 0.15) is 0 Å². The van der Waals surface area contributed by atoms with Crippen molar-refractivity contribution in [2.45, 2.75) is 136 Å². The van der Waals surface area contributed by atoms with Crippen LogP contribution in [0.4, 0.5) is 0 Å². The van der Waals surface area contributed by atoms with Crippen molar-refractivity contribution in [2.75, 3.05) is 13.2 Å². The lowest BCUT2D eigenvalue weighted by molar-refractivity contribution is -0.140. The smallest absolute Gasteiger partial charge is 0.336 e. The summed E-state index contributed by atoms with van der Waals surface area (Å²) < 4.78 is 11.5. The molecule has 41 heavy (non-hydrogen) atoms. The fourth-order valence-corrected chi connectivity index (χ4v) is 5.76. The van der Waals surface area contributed by atoms with E-state index >= 15 is 0 Å². The summed E-state index contributed by atoms with van der Waals surface area (Å²) in [6.07, 6.45) is 18.8. The molecule has 0 amide bonds. The molecule has 0 aromatic heterocycles. The quantitative estimate of drug-likeness (QED) is 0.114.